The van der Waals surface area contributed by atoms with Gasteiger partial charge in [-0.15, -0.1) is 5.10 Å². The third kappa shape index (κ3) is 5.01. The number of amides is 1. The van der Waals surface area contributed by atoms with Crippen molar-refractivity contribution in [2.45, 2.75) is 13.2 Å². The van der Waals surface area contributed by atoms with Gasteiger partial charge < -0.3 is 14.2 Å². The van der Waals surface area contributed by atoms with Crippen LogP contribution in [0.4, 0.5) is 17.1 Å². The number of hydrogen-bond donors (Lipinski definition) is 0. The quantitative estimate of drug-likeness (QED) is 0.301. The molecule has 1 heterocycles. The minimum atomic E-state index is -1.02. The Hall–Kier alpha value is -5.60. The van der Waals surface area contributed by atoms with Gasteiger partial charge in [-0.3, -0.25) is 35.1 Å². The molecule has 0 spiro atoms. The zero-order valence-corrected chi connectivity index (χ0v) is 19.7. The Morgan fingerprint density at radius 2 is 1.50 bits per heavy atom. The number of nitro groups is 3. The van der Waals surface area contributed by atoms with Gasteiger partial charge in [-0.1, -0.05) is 0 Å². The maximum atomic E-state index is 12.3. The number of benzene rings is 3. The lowest BCUT2D eigenvalue weighted by atomic mass is 10.1. The van der Waals surface area contributed by atoms with Gasteiger partial charge >= 0.3 is 5.69 Å². The first-order chi connectivity index (χ1) is 18.1. The van der Waals surface area contributed by atoms with E-state index >= 15 is 0 Å². The molecule has 0 aliphatic carbocycles. The minimum Gasteiger partial charge on any atom is -0.493 e. The number of hydrogen-bond acceptors (Lipinski definition) is 11. The highest BCUT2D eigenvalue weighted by Gasteiger charge is 2.34. The first-order valence-electron chi connectivity index (χ1n) is 10.7. The zero-order valence-electron chi connectivity index (χ0n) is 19.7. The van der Waals surface area contributed by atoms with Crippen LogP contribution in [0.2, 0.25) is 0 Å². The van der Waals surface area contributed by atoms with E-state index < -0.39 is 38.3 Å². The van der Waals surface area contributed by atoms with E-state index in [4.69, 9.17) is 14.2 Å². The summed E-state index contributed by atoms with van der Waals surface area (Å²) >= 11 is 0. The number of methoxy groups -OCH3 is 1. The molecule has 38 heavy (non-hydrogen) atoms. The number of non-ortho nitro benzene ring substituents is 2. The Labute approximate surface area is 212 Å². The van der Waals surface area contributed by atoms with Crippen LogP contribution in [-0.2, 0) is 9.53 Å². The van der Waals surface area contributed by atoms with Crippen LogP contribution >= 0.6 is 0 Å². The van der Waals surface area contributed by atoms with E-state index in [1.54, 1.807) is 0 Å². The Morgan fingerprint density at radius 1 is 0.868 bits per heavy atom. The van der Waals surface area contributed by atoms with Gasteiger partial charge in [-0.05, 0) is 36.4 Å². The molecule has 0 saturated carbocycles. The predicted octanol–water partition coefficient (Wildman–Crippen LogP) is 4.45. The molecule has 1 amide bonds. The molecule has 0 saturated heterocycles. The summed E-state index contributed by atoms with van der Waals surface area (Å²) < 4.78 is 16.9. The second-order valence-electron chi connectivity index (χ2n) is 7.72. The van der Waals surface area contributed by atoms with Crippen LogP contribution < -0.4 is 9.47 Å². The predicted molar refractivity (Wildman–Crippen MR) is 129 cm³/mol. The van der Waals surface area contributed by atoms with Gasteiger partial charge in [0.25, 0.3) is 11.4 Å². The first kappa shape index (κ1) is 25.5. The Morgan fingerprint density at radius 3 is 2.08 bits per heavy atom. The fourth-order valence-electron chi connectivity index (χ4n) is 3.51. The summed E-state index contributed by atoms with van der Waals surface area (Å²) in [5.74, 6) is -0.477. The first-order valence-corrected chi connectivity index (χ1v) is 10.7. The molecule has 0 bridgehead atoms. The highest BCUT2D eigenvalue weighted by molar-refractivity contribution is 5.96. The number of nitrogens with zero attached hydrogens (tertiary/aromatic N) is 5. The van der Waals surface area contributed by atoms with Crippen molar-refractivity contribution in [1.82, 2.24) is 5.01 Å². The van der Waals surface area contributed by atoms with Gasteiger partial charge in [-0.2, -0.15) is 5.01 Å². The van der Waals surface area contributed by atoms with Crippen LogP contribution in [-0.4, -0.2) is 38.7 Å². The lowest BCUT2D eigenvalue weighted by molar-refractivity contribution is -0.394. The van der Waals surface area contributed by atoms with E-state index in [1.807, 2.05) is 0 Å². The molecule has 0 unspecified atom stereocenters. The van der Waals surface area contributed by atoms with Crippen molar-refractivity contribution in [1.29, 1.82) is 0 Å². The van der Waals surface area contributed by atoms with Gasteiger partial charge in [0.15, 0.2) is 11.5 Å². The largest absolute Gasteiger partial charge is 0.493 e. The molecule has 1 aliphatic heterocycles. The van der Waals surface area contributed by atoms with Crippen molar-refractivity contribution >= 4 is 28.9 Å². The summed E-state index contributed by atoms with van der Waals surface area (Å²) in [4.78, 5) is 43.5. The fourth-order valence-corrected chi connectivity index (χ4v) is 3.51. The molecule has 0 radical (unpaired) electrons. The third-order valence-corrected chi connectivity index (χ3v) is 5.33. The smallest absolute Gasteiger partial charge is 0.318 e. The van der Waals surface area contributed by atoms with Crippen LogP contribution in [0.3, 0.4) is 0 Å². The van der Waals surface area contributed by atoms with Crippen molar-refractivity contribution in [2.75, 3.05) is 7.11 Å². The summed E-state index contributed by atoms with van der Waals surface area (Å²) in [6.07, 6.45) is -1.02. The van der Waals surface area contributed by atoms with Crippen LogP contribution in [0, 0.1) is 30.3 Å². The molecule has 15 heteroatoms. The van der Waals surface area contributed by atoms with Crippen molar-refractivity contribution in [2.24, 2.45) is 5.10 Å². The minimum absolute atomic E-state index is 0.0529. The summed E-state index contributed by atoms with van der Waals surface area (Å²) in [5, 5.41) is 38.6. The summed E-state index contributed by atoms with van der Waals surface area (Å²) in [6, 6.07) is 12.8. The molecule has 1 aliphatic rings. The monoisotopic (exact) mass is 523 g/mol. The molecule has 194 valence electrons. The molecule has 0 fully saturated rings. The lowest BCUT2D eigenvalue weighted by Crippen LogP contribution is -2.25. The molecular weight excluding hydrogens is 506 g/mol. The van der Waals surface area contributed by atoms with E-state index in [-0.39, 0.29) is 28.8 Å². The standard InChI is InChI=1S/C23H17N5O10/c1-13(29)25-23(38-22(24-25)14-3-6-16(7-4-14)26(30)31)15-5-9-20(21(11-15)36-2)37-19-10-8-17(27(32)33)12-18(19)28(34)35/h3-12,23H,1-2H3/t23-/m1/s1. The molecule has 15 nitrogen and oxygen atoms in total. The maximum Gasteiger partial charge on any atom is 0.318 e. The van der Waals surface area contributed by atoms with E-state index in [2.05, 4.69) is 5.10 Å². The van der Waals surface area contributed by atoms with Gasteiger partial charge in [0, 0.05) is 36.2 Å². The van der Waals surface area contributed by atoms with Crippen molar-refractivity contribution in [3.8, 4) is 17.2 Å². The third-order valence-electron chi connectivity index (χ3n) is 5.33. The molecule has 3 aromatic rings. The average Bonchev–Trinajstić information content (AvgIpc) is 3.35. The second-order valence-corrected chi connectivity index (χ2v) is 7.72. The van der Waals surface area contributed by atoms with Crippen LogP contribution in [0.25, 0.3) is 0 Å². The Kier molecular flexibility index (Phi) is 6.83. The molecule has 3 aromatic carbocycles. The average molecular weight is 523 g/mol. The number of hydrazone groups is 1. The molecule has 4 rings (SSSR count). The topological polar surface area (TPSA) is 190 Å². The summed E-state index contributed by atoms with van der Waals surface area (Å²) in [6.45, 7) is 1.28. The number of carbonyl (C=O) groups excluding carboxylic acids is 1. The van der Waals surface area contributed by atoms with Crippen LogP contribution in [0.5, 0.6) is 17.2 Å². The van der Waals surface area contributed by atoms with Crippen molar-refractivity contribution < 1.29 is 33.8 Å². The molecular formula is C23H17N5O10. The molecule has 0 N–H and O–H groups in total. The van der Waals surface area contributed by atoms with Gasteiger partial charge in [-0.25, -0.2) is 0 Å². The second kappa shape index (κ2) is 10.2. The van der Waals surface area contributed by atoms with Crippen molar-refractivity contribution in [3.05, 3.63) is 102 Å². The van der Waals surface area contributed by atoms with Gasteiger partial charge in [0.05, 0.1) is 27.9 Å². The highest BCUT2D eigenvalue weighted by Crippen LogP contribution is 2.40. The van der Waals surface area contributed by atoms with E-state index in [1.165, 1.54) is 56.5 Å². The molecule has 1 atom stereocenters. The van der Waals surface area contributed by atoms with E-state index in [0.29, 0.717) is 11.1 Å². The SMILES string of the molecule is COc1cc([C@H]2OC(c3ccc([N+](=O)[O-])cc3)=NN2C(C)=O)ccc1Oc1ccc([N+](=O)[O-])cc1[N+](=O)[O-]. The zero-order chi connectivity index (χ0) is 27.6. The number of carbonyl (C=O) groups is 1. The Balaban J connectivity index is 1.63. The lowest BCUT2D eigenvalue weighted by Gasteiger charge is -2.20. The normalized spacial score (nSPS) is 14.3. The summed E-state index contributed by atoms with van der Waals surface area (Å²) in [7, 11) is 1.33. The number of rotatable bonds is 8. The van der Waals surface area contributed by atoms with Crippen LogP contribution in [0.15, 0.2) is 65.8 Å². The van der Waals surface area contributed by atoms with E-state index in [0.717, 1.165) is 23.2 Å². The fraction of sp³-hybridized carbons (Fsp3) is 0.130. The van der Waals surface area contributed by atoms with Crippen molar-refractivity contribution in [3.63, 3.8) is 0 Å². The molecule has 0 aromatic heterocycles. The number of ether oxygens (including phenoxy) is 3. The van der Waals surface area contributed by atoms with E-state index in [9.17, 15) is 35.1 Å². The maximum absolute atomic E-state index is 12.3. The van der Waals surface area contributed by atoms with Crippen LogP contribution in [0.1, 0.15) is 24.3 Å². The highest BCUT2D eigenvalue weighted by atomic mass is 16.6. The Bertz CT molecular complexity index is 1490. The number of nitro benzene ring substituents is 3. The summed E-state index contributed by atoms with van der Waals surface area (Å²) in [5.41, 5.74) is -0.405. The van der Waals surface area contributed by atoms with Gasteiger partial charge in [0.1, 0.15) is 0 Å². The van der Waals surface area contributed by atoms with Gasteiger partial charge in [0.2, 0.25) is 23.8 Å².